The Labute approximate surface area is 246 Å². The van der Waals surface area contributed by atoms with Gasteiger partial charge in [-0.25, -0.2) is 4.39 Å². The van der Waals surface area contributed by atoms with E-state index in [1.165, 1.54) is 24.3 Å². The summed E-state index contributed by atoms with van der Waals surface area (Å²) in [7, 11) is 0. The van der Waals surface area contributed by atoms with Crippen LogP contribution >= 0.6 is 11.6 Å². The van der Waals surface area contributed by atoms with E-state index in [1.807, 2.05) is 5.32 Å². The maximum atomic E-state index is 14.9. The van der Waals surface area contributed by atoms with Crippen molar-refractivity contribution in [2.24, 2.45) is 0 Å². The van der Waals surface area contributed by atoms with E-state index >= 15 is 0 Å². The van der Waals surface area contributed by atoms with Crippen LogP contribution in [0, 0.1) is 12.7 Å². The van der Waals surface area contributed by atoms with Crippen LogP contribution < -0.4 is 15.4 Å². The minimum Gasteiger partial charge on any atom is -0.494 e. The first-order valence-electron chi connectivity index (χ1n) is 12.9. The molecule has 0 fully saturated rings. The molecule has 43 heavy (non-hydrogen) atoms. The Morgan fingerprint density at radius 2 is 1.65 bits per heavy atom. The van der Waals surface area contributed by atoms with Gasteiger partial charge in [0.2, 0.25) is 0 Å². The molecule has 3 aromatic carbocycles. The monoisotopic (exact) mass is 628 g/mol. The van der Waals surface area contributed by atoms with Crippen molar-refractivity contribution in [3.63, 3.8) is 0 Å². The Hall–Kier alpha value is -4.06. The summed E-state index contributed by atoms with van der Waals surface area (Å²) in [6.45, 7) is 1.45. The molecular formula is C30H24ClF7N2O3. The predicted molar refractivity (Wildman–Crippen MR) is 145 cm³/mol. The summed E-state index contributed by atoms with van der Waals surface area (Å²) >= 11 is 6.02. The fourth-order valence-corrected chi connectivity index (χ4v) is 4.79. The molecule has 5 nitrogen and oxygen atoms in total. The topological polar surface area (TPSA) is 67.4 Å². The molecule has 2 amide bonds. The van der Waals surface area contributed by atoms with Gasteiger partial charge >= 0.3 is 12.4 Å². The van der Waals surface area contributed by atoms with E-state index in [9.17, 15) is 40.3 Å². The lowest BCUT2D eigenvalue weighted by molar-refractivity contribution is -0.201. The summed E-state index contributed by atoms with van der Waals surface area (Å²) in [5.41, 5.74) is -3.27. The minimum absolute atomic E-state index is 0.0413. The first-order valence-corrected chi connectivity index (χ1v) is 13.2. The van der Waals surface area contributed by atoms with Crippen LogP contribution in [0.1, 0.15) is 46.3 Å². The van der Waals surface area contributed by atoms with E-state index in [0.717, 1.165) is 35.9 Å². The number of nitrogens with one attached hydrogen (secondary N) is 2. The van der Waals surface area contributed by atoms with Gasteiger partial charge < -0.3 is 15.4 Å². The Morgan fingerprint density at radius 1 is 1.00 bits per heavy atom. The van der Waals surface area contributed by atoms with E-state index in [1.54, 1.807) is 19.1 Å². The fraction of sp³-hybridized carbons (Fsp3) is 0.267. The third-order valence-electron chi connectivity index (χ3n) is 6.81. The average molecular weight is 629 g/mol. The predicted octanol–water partition coefficient (Wildman–Crippen LogP) is 7.63. The number of amides is 2. The lowest BCUT2D eigenvalue weighted by Crippen LogP contribution is -2.60. The number of carbonyl (C=O) groups is 2. The third kappa shape index (κ3) is 7.30. The quantitative estimate of drug-likeness (QED) is 0.199. The van der Waals surface area contributed by atoms with Crippen LogP contribution in [0.25, 0.3) is 5.57 Å². The summed E-state index contributed by atoms with van der Waals surface area (Å²) in [5, 5.41) is 4.18. The molecule has 1 aliphatic rings. The Balaban J connectivity index is 1.73. The zero-order valence-electron chi connectivity index (χ0n) is 22.4. The molecule has 0 spiro atoms. The maximum absolute atomic E-state index is 14.9. The lowest BCUT2D eigenvalue weighted by Gasteiger charge is -2.41. The van der Waals surface area contributed by atoms with Gasteiger partial charge in [0.1, 0.15) is 17.3 Å². The number of aryl methyl sites for hydroxylation is 1. The van der Waals surface area contributed by atoms with Gasteiger partial charge in [-0.3, -0.25) is 9.59 Å². The maximum Gasteiger partial charge on any atom is 0.416 e. The third-order valence-corrected chi connectivity index (χ3v) is 7.14. The van der Waals surface area contributed by atoms with E-state index in [4.69, 9.17) is 16.3 Å². The second-order valence-electron chi connectivity index (χ2n) is 9.92. The van der Waals surface area contributed by atoms with Crippen LogP contribution in [0.15, 0.2) is 72.4 Å². The molecule has 0 aromatic heterocycles. The highest BCUT2D eigenvalue weighted by Crippen LogP contribution is 2.48. The molecule has 0 aliphatic carbocycles. The highest BCUT2D eigenvalue weighted by Gasteiger charge is 2.59. The highest BCUT2D eigenvalue weighted by atomic mass is 35.5. The molecule has 13 heteroatoms. The van der Waals surface area contributed by atoms with Crippen LogP contribution in [-0.2, 0) is 10.3 Å². The number of halogens is 8. The van der Waals surface area contributed by atoms with Crippen molar-refractivity contribution in [2.75, 3.05) is 6.61 Å². The van der Waals surface area contributed by atoms with Crippen LogP contribution in [0.4, 0.5) is 30.7 Å². The minimum atomic E-state index is -5.05. The number of carbonyl (C=O) groups excluding carboxylic acids is 2. The van der Waals surface area contributed by atoms with Crippen molar-refractivity contribution >= 4 is 29.0 Å². The van der Waals surface area contributed by atoms with E-state index in [-0.39, 0.29) is 46.1 Å². The molecule has 2 N–H and O–H groups in total. The second kappa shape index (κ2) is 12.3. The number of hydrogen-bond acceptors (Lipinski definition) is 3. The van der Waals surface area contributed by atoms with Gasteiger partial charge in [-0.05, 0) is 60.4 Å². The van der Waals surface area contributed by atoms with E-state index in [2.05, 4.69) is 5.32 Å². The van der Waals surface area contributed by atoms with Gasteiger partial charge in [-0.1, -0.05) is 53.6 Å². The van der Waals surface area contributed by atoms with Gasteiger partial charge in [0.05, 0.1) is 17.2 Å². The van der Waals surface area contributed by atoms with Crippen LogP contribution in [0.5, 0.6) is 5.75 Å². The Kier molecular flexibility index (Phi) is 9.10. The normalized spacial score (nSPS) is 17.5. The number of benzene rings is 3. The summed E-state index contributed by atoms with van der Waals surface area (Å²) in [4.78, 5) is 26.4. The van der Waals surface area contributed by atoms with E-state index < -0.39 is 54.1 Å². The summed E-state index contributed by atoms with van der Waals surface area (Å²) in [6, 6.07) is 13.7. The molecule has 4 rings (SSSR count). The number of ether oxygens (including phenoxy) is 1. The summed E-state index contributed by atoms with van der Waals surface area (Å²) in [6.07, 6.45) is -11.7. The lowest BCUT2D eigenvalue weighted by atomic mass is 9.77. The molecular weight excluding hydrogens is 605 g/mol. The zero-order chi connectivity index (χ0) is 31.6. The first-order chi connectivity index (χ1) is 20.1. The van der Waals surface area contributed by atoms with Crippen LogP contribution in [0.2, 0.25) is 5.02 Å². The smallest absolute Gasteiger partial charge is 0.416 e. The molecule has 1 unspecified atom stereocenters. The van der Waals surface area contributed by atoms with Crippen molar-refractivity contribution < 1.29 is 45.1 Å². The molecule has 1 atom stereocenters. The van der Waals surface area contributed by atoms with Gasteiger partial charge in [-0.15, -0.1) is 0 Å². The van der Waals surface area contributed by atoms with Crippen molar-refractivity contribution in [3.05, 3.63) is 106 Å². The van der Waals surface area contributed by atoms with Gasteiger partial charge in [0.25, 0.3) is 11.8 Å². The highest BCUT2D eigenvalue weighted by molar-refractivity contribution is 6.34. The van der Waals surface area contributed by atoms with E-state index in [0.29, 0.717) is 0 Å². The fourth-order valence-electron chi connectivity index (χ4n) is 4.58. The standard InChI is InChI=1S/C30H24ClF7N2O3/c1-17-3-5-18(6-4-17)23-16-28(30(36,37)38,19-7-10-21(11-8-19)43-14-2-13-29(33,34)35)40-27(42)25(23)39-26(41)22-15-20(32)9-12-24(22)31/h3-12,15H,2,13-14,16H2,1H3,(H,39,41)(H,40,42). The zero-order valence-corrected chi connectivity index (χ0v) is 23.2. The molecule has 1 heterocycles. The molecule has 228 valence electrons. The Morgan fingerprint density at radius 3 is 2.26 bits per heavy atom. The second-order valence-corrected chi connectivity index (χ2v) is 10.3. The molecule has 0 saturated heterocycles. The summed E-state index contributed by atoms with van der Waals surface area (Å²) in [5.74, 6) is -3.02. The van der Waals surface area contributed by atoms with Crippen molar-refractivity contribution in [1.29, 1.82) is 0 Å². The van der Waals surface area contributed by atoms with Gasteiger partial charge in [-0.2, -0.15) is 26.3 Å². The van der Waals surface area contributed by atoms with Gasteiger partial charge in [0, 0.05) is 12.8 Å². The Bertz CT molecular complexity index is 1540. The van der Waals surface area contributed by atoms with Crippen LogP contribution in [0.3, 0.4) is 0 Å². The SMILES string of the molecule is Cc1ccc(C2=C(NC(=O)c3cc(F)ccc3Cl)C(=O)NC(c3ccc(OCCCC(F)(F)F)cc3)(C(F)(F)F)C2)cc1. The van der Waals surface area contributed by atoms with Gasteiger partial charge in [0.15, 0.2) is 5.54 Å². The van der Waals surface area contributed by atoms with Crippen molar-refractivity contribution in [2.45, 2.75) is 44.1 Å². The van der Waals surface area contributed by atoms with Crippen molar-refractivity contribution in [1.82, 2.24) is 10.6 Å². The average Bonchev–Trinajstić information content (AvgIpc) is 2.93. The largest absolute Gasteiger partial charge is 0.494 e. The first kappa shape index (κ1) is 31.9. The number of hydrogen-bond donors (Lipinski definition) is 2. The molecule has 3 aromatic rings. The molecule has 1 aliphatic heterocycles. The molecule has 0 bridgehead atoms. The molecule has 0 saturated carbocycles. The summed E-state index contributed by atoms with van der Waals surface area (Å²) < 4.78 is 101. The molecule has 0 radical (unpaired) electrons. The number of alkyl halides is 6. The van der Waals surface area contributed by atoms with Crippen molar-refractivity contribution in [3.8, 4) is 5.75 Å². The number of rotatable bonds is 8. The van der Waals surface area contributed by atoms with Crippen LogP contribution in [-0.4, -0.2) is 30.8 Å².